The highest BCUT2D eigenvalue weighted by atomic mass is 19.4. The minimum absolute atomic E-state index is 0.383. The SMILES string of the molecule is Fc1ccc(C2OC2(CCn2cncn2)c2cccc(C(F)(F)F)c2)cc1. The molecule has 140 valence electrons. The summed E-state index contributed by atoms with van der Waals surface area (Å²) in [7, 11) is 0. The number of aromatic nitrogens is 3. The number of rotatable bonds is 5. The van der Waals surface area contributed by atoms with Crippen LogP contribution >= 0.6 is 0 Å². The first-order valence-corrected chi connectivity index (χ1v) is 8.32. The van der Waals surface area contributed by atoms with E-state index in [4.69, 9.17) is 4.74 Å². The largest absolute Gasteiger partial charge is 0.416 e. The molecule has 0 N–H and O–H groups in total. The number of epoxide rings is 1. The molecule has 4 rings (SSSR count). The molecule has 2 heterocycles. The van der Waals surface area contributed by atoms with Crippen molar-refractivity contribution < 1.29 is 22.3 Å². The second-order valence-electron chi connectivity index (χ2n) is 6.43. The van der Waals surface area contributed by atoms with Crippen molar-refractivity contribution in [3.8, 4) is 0 Å². The van der Waals surface area contributed by atoms with Crippen LogP contribution < -0.4 is 0 Å². The van der Waals surface area contributed by atoms with E-state index in [2.05, 4.69) is 10.1 Å². The van der Waals surface area contributed by atoms with Gasteiger partial charge in [-0.05, 0) is 35.4 Å². The maximum absolute atomic E-state index is 13.2. The van der Waals surface area contributed by atoms with Gasteiger partial charge >= 0.3 is 6.18 Å². The maximum atomic E-state index is 13.2. The molecule has 1 aliphatic rings. The molecule has 0 amide bonds. The van der Waals surface area contributed by atoms with Crippen molar-refractivity contribution >= 4 is 0 Å². The standard InChI is InChI=1S/C19H15F4N3O/c20-16-6-4-13(5-7-16)17-18(27-17,8-9-26-12-24-11-25-26)14-2-1-3-15(10-14)19(21,22)23/h1-7,10-12,17H,8-9H2. The maximum Gasteiger partial charge on any atom is 0.416 e. The average Bonchev–Trinajstić information content (AvgIpc) is 3.15. The van der Waals surface area contributed by atoms with Gasteiger partial charge < -0.3 is 4.74 Å². The van der Waals surface area contributed by atoms with Crippen molar-refractivity contribution in [3.63, 3.8) is 0 Å². The molecule has 8 heteroatoms. The van der Waals surface area contributed by atoms with Crippen molar-refractivity contribution in [2.75, 3.05) is 0 Å². The summed E-state index contributed by atoms with van der Waals surface area (Å²) in [5, 5.41) is 4.03. The second-order valence-corrected chi connectivity index (χ2v) is 6.43. The van der Waals surface area contributed by atoms with Crippen molar-refractivity contribution in [3.05, 3.63) is 83.7 Å². The molecule has 1 saturated heterocycles. The first kappa shape index (κ1) is 17.7. The molecule has 2 atom stereocenters. The van der Waals surface area contributed by atoms with Crippen LogP contribution in [-0.4, -0.2) is 14.8 Å². The smallest absolute Gasteiger partial charge is 0.356 e. The minimum Gasteiger partial charge on any atom is -0.356 e. The fourth-order valence-corrected chi connectivity index (χ4v) is 3.29. The molecule has 2 aromatic carbocycles. The summed E-state index contributed by atoms with van der Waals surface area (Å²) in [5.41, 5.74) is -0.502. The van der Waals surface area contributed by atoms with Crippen LogP contribution in [0.3, 0.4) is 0 Å². The van der Waals surface area contributed by atoms with E-state index >= 15 is 0 Å². The second kappa shape index (κ2) is 6.45. The lowest BCUT2D eigenvalue weighted by molar-refractivity contribution is -0.137. The molecule has 0 aliphatic carbocycles. The molecule has 0 bridgehead atoms. The summed E-state index contributed by atoms with van der Waals surface area (Å²) >= 11 is 0. The lowest BCUT2D eigenvalue weighted by atomic mass is 9.88. The van der Waals surface area contributed by atoms with E-state index in [1.807, 2.05) is 0 Å². The van der Waals surface area contributed by atoms with Crippen LogP contribution in [0.25, 0.3) is 0 Å². The van der Waals surface area contributed by atoms with Crippen molar-refractivity contribution in [2.24, 2.45) is 0 Å². The van der Waals surface area contributed by atoms with Gasteiger partial charge in [0.05, 0.1) is 5.56 Å². The molecule has 3 aromatic rings. The highest BCUT2D eigenvalue weighted by Gasteiger charge is 2.58. The fraction of sp³-hybridized carbons (Fsp3) is 0.263. The van der Waals surface area contributed by atoms with Crippen LogP contribution in [0, 0.1) is 5.82 Å². The predicted octanol–water partition coefficient (Wildman–Crippen LogP) is 4.49. The van der Waals surface area contributed by atoms with Gasteiger partial charge in [-0.1, -0.05) is 24.3 Å². The van der Waals surface area contributed by atoms with Crippen molar-refractivity contribution in [1.82, 2.24) is 14.8 Å². The van der Waals surface area contributed by atoms with Gasteiger partial charge in [0, 0.05) is 13.0 Å². The number of hydrogen-bond donors (Lipinski definition) is 0. The third kappa shape index (κ3) is 3.44. The van der Waals surface area contributed by atoms with Crippen LogP contribution in [0.5, 0.6) is 0 Å². The van der Waals surface area contributed by atoms with Gasteiger partial charge in [0.25, 0.3) is 0 Å². The third-order valence-corrected chi connectivity index (χ3v) is 4.72. The van der Waals surface area contributed by atoms with E-state index in [1.54, 1.807) is 22.9 Å². The van der Waals surface area contributed by atoms with Crippen LogP contribution in [0.15, 0.2) is 61.2 Å². The molecule has 0 radical (unpaired) electrons. The summed E-state index contributed by atoms with van der Waals surface area (Å²) in [6.07, 6.45) is -1.56. The van der Waals surface area contributed by atoms with Crippen LogP contribution in [0.2, 0.25) is 0 Å². The average molecular weight is 377 g/mol. The highest BCUT2D eigenvalue weighted by molar-refractivity contribution is 5.38. The first-order valence-electron chi connectivity index (χ1n) is 8.32. The minimum atomic E-state index is -4.44. The van der Waals surface area contributed by atoms with Crippen molar-refractivity contribution in [2.45, 2.75) is 30.8 Å². The van der Waals surface area contributed by atoms with Gasteiger partial charge in [-0.15, -0.1) is 0 Å². The summed E-state index contributed by atoms with van der Waals surface area (Å²) in [6.45, 7) is 0.425. The Balaban J connectivity index is 1.68. The monoisotopic (exact) mass is 377 g/mol. The summed E-state index contributed by atoms with van der Waals surface area (Å²) in [6, 6.07) is 10.9. The lowest BCUT2D eigenvalue weighted by Crippen LogP contribution is -2.16. The molecule has 0 saturated carbocycles. The summed E-state index contributed by atoms with van der Waals surface area (Å²) < 4.78 is 60.2. The predicted molar refractivity (Wildman–Crippen MR) is 88.0 cm³/mol. The topological polar surface area (TPSA) is 43.2 Å². The zero-order valence-corrected chi connectivity index (χ0v) is 14.0. The Bertz CT molecular complexity index is 925. The zero-order chi connectivity index (χ0) is 19.1. The molecule has 1 fully saturated rings. The molecule has 2 unspecified atom stereocenters. The molecule has 4 nitrogen and oxygen atoms in total. The Morgan fingerprint density at radius 1 is 1.11 bits per heavy atom. The van der Waals surface area contributed by atoms with E-state index in [0.717, 1.165) is 12.1 Å². The molecule has 0 spiro atoms. The quantitative estimate of drug-likeness (QED) is 0.486. The molecule has 1 aromatic heterocycles. The molecular formula is C19H15F4N3O. The van der Waals surface area contributed by atoms with E-state index in [1.165, 1.54) is 30.9 Å². The Labute approximate surface area is 152 Å². The third-order valence-electron chi connectivity index (χ3n) is 4.72. The molecule has 1 aliphatic heterocycles. The summed E-state index contributed by atoms with van der Waals surface area (Å²) in [4.78, 5) is 3.87. The van der Waals surface area contributed by atoms with E-state index in [-0.39, 0.29) is 5.82 Å². The van der Waals surface area contributed by atoms with Gasteiger partial charge in [0.15, 0.2) is 0 Å². The van der Waals surface area contributed by atoms with Crippen LogP contribution in [-0.2, 0) is 23.1 Å². The van der Waals surface area contributed by atoms with E-state index in [0.29, 0.717) is 24.1 Å². The number of aryl methyl sites for hydroxylation is 1. The van der Waals surface area contributed by atoms with Gasteiger partial charge in [-0.25, -0.2) is 9.37 Å². The first-order chi connectivity index (χ1) is 12.9. The molecular weight excluding hydrogens is 362 g/mol. The van der Waals surface area contributed by atoms with Gasteiger partial charge in [0.1, 0.15) is 30.2 Å². The number of ether oxygens (including phenoxy) is 1. The van der Waals surface area contributed by atoms with Gasteiger partial charge in [0.2, 0.25) is 0 Å². The zero-order valence-electron chi connectivity index (χ0n) is 14.0. The van der Waals surface area contributed by atoms with E-state index in [9.17, 15) is 17.6 Å². The number of alkyl halides is 3. The normalized spacial score (nSPS) is 22.0. The molecule has 27 heavy (non-hydrogen) atoms. The van der Waals surface area contributed by atoms with Crippen molar-refractivity contribution in [1.29, 1.82) is 0 Å². The van der Waals surface area contributed by atoms with E-state index < -0.39 is 23.4 Å². The lowest BCUT2D eigenvalue weighted by Gasteiger charge is -2.16. The Morgan fingerprint density at radius 2 is 1.89 bits per heavy atom. The number of hydrogen-bond acceptors (Lipinski definition) is 3. The fourth-order valence-electron chi connectivity index (χ4n) is 3.29. The van der Waals surface area contributed by atoms with Crippen LogP contribution in [0.4, 0.5) is 17.6 Å². The van der Waals surface area contributed by atoms with Gasteiger partial charge in [-0.3, -0.25) is 4.68 Å². The highest BCUT2D eigenvalue weighted by Crippen LogP contribution is 2.59. The summed E-state index contributed by atoms with van der Waals surface area (Å²) in [5.74, 6) is -0.383. The Kier molecular flexibility index (Phi) is 4.22. The van der Waals surface area contributed by atoms with Crippen LogP contribution in [0.1, 0.15) is 29.2 Å². The number of halogens is 4. The number of nitrogens with zero attached hydrogens (tertiary/aromatic N) is 3. The number of benzene rings is 2. The Hall–Kier alpha value is -2.74. The Morgan fingerprint density at radius 3 is 2.56 bits per heavy atom. The van der Waals surface area contributed by atoms with Gasteiger partial charge in [-0.2, -0.15) is 18.3 Å².